The van der Waals surface area contributed by atoms with Gasteiger partial charge in [-0.05, 0) is 37.2 Å². The first-order chi connectivity index (χ1) is 14.0. The van der Waals surface area contributed by atoms with E-state index in [9.17, 15) is 14.4 Å². The van der Waals surface area contributed by atoms with E-state index < -0.39 is 23.3 Å². The van der Waals surface area contributed by atoms with Gasteiger partial charge >= 0.3 is 11.9 Å². The van der Waals surface area contributed by atoms with Gasteiger partial charge in [-0.2, -0.15) is 0 Å². The quantitative estimate of drug-likeness (QED) is 0.174. The van der Waals surface area contributed by atoms with Crippen LogP contribution in [0.3, 0.4) is 0 Å². The molecule has 0 amide bonds. The van der Waals surface area contributed by atoms with Crippen molar-refractivity contribution in [2.75, 3.05) is 13.2 Å². The zero-order chi connectivity index (χ0) is 21.3. The highest BCUT2D eigenvalue weighted by atomic mass is 16.6. The predicted octanol–water partition coefficient (Wildman–Crippen LogP) is 4.90. The fourth-order valence-corrected chi connectivity index (χ4v) is 3.82. The minimum Gasteiger partial charge on any atom is -0.465 e. The van der Waals surface area contributed by atoms with Gasteiger partial charge in [-0.3, -0.25) is 14.4 Å². The highest BCUT2D eigenvalue weighted by Crippen LogP contribution is 2.50. The summed E-state index contributed by atoms with van der Waals surface area (Å²) in [5.74, 6) is -1.86. The fourth-order valence-electron chi connectivity index (χ4n) is 3.82. The third kappa shape index (κ3) is 5.14. The molecule has 1 aromatic rings. The van der Waals surface area contributed by atoms with Crippen LogP contribution in [0.1, 0.15) is 69.2 Å². The second-order valence-electron chi connectivity index (χ2n) is 7.62. The molecule has 1 fully saturated rings. The molecule has 0 N–H and O–H groups in total. The van der Waals surface area contributed by atoms with Crippen molar-refractivity contribution in [2.24, 2.45) is 11.3 Å². The minimum absolute atomic E-state index is 0.0782. The first kappa shape index (κ1) is 22.9. The Hall–Kier alpha value is -2.43. The normalized spacial score (nSPS) is 17.7. The summed E-state index contributed by atoms with van der Waals surface area (Å²) in [6.45, 7) is 8.50. The summed E-state index contributed by atoms with van der Waals surface area (Å²) in [5.41, 5.74) is -0.532. The van der Waals surface area contributed by atoms with Crippen LogP contribution in [0.15, 0.2) is 42.5 Å². The zero-order valence-electron chi connectivity index (χ0n) is 17.6. The van der Waals surface area contributed by atoms with Gasteiger partial charge < -0.3 is 9.47 Å². The van der Waals surface area contributed by atoms with E-state index in [2.05, 4.69) is 6.58 Å². The minimum atomic E-state index is -1.59. The number of ether oxygens (including phenoxy) is 2. The van der Waals surface area contributed by atoms with Crippen LogP contribution in [0.5, 0.6) is 0 Å². The Kier molecular flexibility index (Phi) is 8.62. The van der Waals surface area contributed by atoms with E-state index in [4.69, 9.17) is 9.47 Å². The summed E-state index contributed by atoms with van der Waals surface area (Å²) in [7, 11) is 0. The smallest absolute Gasteiger partial charge is 0.328 e. The van der Waals surface area contributed by atoms with E-state index in [-0.39, 0.29) is 25.4 Å². The van der Waals surface area contributed by atoms with Gasteiger partial charge in [0.15, 0.2) is 11.2 Å². The number of carbonyl (C=O) groups excluding carboxylic acids is 3. The summed E-state index contributed by atoms with van der Waals surface area (Å²) in [5, 5.41) is 0. The number of rotatable bonds is 11. The van der Waals surface area contributed by atoms with Crippen LogP contribution in [-0.4, -0.2) is 30.9 Å². The molecule has 1 unspecified atom stereocenters. The molecule has 158 valence electrons. The molecule has 5 heteroatoms. The van der Waals surface area contributed by atoms with E-state index in [1.54, 1.807) is 24.3 Å². The van der Waals surface area contributed by atoms with Crippen molar-refractivity contribution in [2.45, 2.75) is 58.8 Å². The Bertz CT molecular complexity index is 700. The largest absolute Gasteiger partial charge is 0.465 e. The molecule has 2 rings (SSSR count). The molecule has 1 atom stereocenters. The van der Waals surface area contributed by atoms with Crippen molar-refractivity contribution in [1.82, 2.24) is 0 Å². The summed E-state index contributed by atoms with van der Waals surface area (Å²) in [4.78, 5) is 39.1. The molecule has 0 aromatic heterocycles. The SMILES string of the molecule is C=C1CCC(CC(=O)c2ccccc2)C1(C(=O)OCCCC)C(=O)OCCCC. The second-order valence-corrected chi connectivity index (χ2v) is 7.62. The van der Waals surface area contributed by atoms with E-state index in [1.165, 1.54) is 0 Å². The van der Waals surface area contributed by atoms with Crippen molar-refractivity contribution in [1.29, 1.82) is 0 Å². The number of hydrogen-bond donors (Lipinski definition) is 0. The van der Waals surface area contributed by atoms with E-state index in [1.807, 2.05) is 19.9 Å². The second kappa shape index (κ2) is 10.9. The van der Waals surface area contributed by atoms with Gasteiger partial charge in [0.05, 0.1) is 13.2 Å². The molecule has 29 heavy (non-hydrogen) atoms. The lowest BCUT2D eigenvalue weighted by atomic mass is 9.73. The molecule has 0 bridgehead atoms. The van der Waals surface area contributed by atoms with Gasteiger partial charge in [-0.1, -0.05) is 63.6 Å². The Morgan fingerprint density at radius 2 is 1.55 bits per heavy atom. The molecule has 1 aliphatic rings. The van der Waals surface area contributed by atoms with Gasteiger partial charge in [-0.25, -0.2) is 0 Å². The maximum absolute atomic E-state index is 13.2. The fraction of sp³-hybridized carbons (Fsp3) is 0.542. The predicted molar refractivity (Wildman–Crippen MR) is 111 cm³/mol. The molecule has 5 nitrogen and oxygen atoms in total. The van der Waals surface area contributed by atoms with Crippen molar-refractivity contribution < 1.29 is 23.9 Å². The van der Waals surface area contributed by atoms with E-state index in [0.29, 0.717) is 36.8 Å². The average Bonchev–Trinajstić information content (AvgIpc) is 3.05. The van der Waals surface area contributed by atoms with Gasteiger partial charge in [0, 0.05) is 12.0 Å². The van der Waals surface area contributed by atoms with Crippen molar-refractivity contribution in [3.63, 3.8) is 0 Å². The maximum Gasteiger partial charge on any atom is 0.328 e. The molecule has 0 aliphatic heterocycles. The third-order valence-electron chi connectivity index (χ3n) is 5.60. The number of hydrogen-bond acceptors (Lipinski definition) is 5. The van der Waals surface area contributed by atoms with Crippen molar-refractivity contribution in [3.8, 4) is 0 Å². The van der Waals surface area contributed by atoms with Crippen molar-refractivity contribution >= 4 is 17.7 Å². The van der Waals surface area contributed by atoms with Crippen LogP contribution >= 0.6 is 0 Å². The molecule has 0 heterocycles. The molecule has 1 saturated carbocycles. The zero-order valence-corrected chi connectivity index (χ0v) is 17.6. The van der Waals surface area contributed by atoms with Crippen LogP contribution in [0.2, 0.25) is 0 Å². The Morgan fingerprint density at radius 1 is 1.00 bits per heavy atom. The van der Waals surface area contributed by atoms with Crippen molar-refractivity contribution in [3.05, 3.63) is 48.0 Å². The number of Topliss-reactive ketones (excluding diaryl/α,β-unsaturated/α-hetero) is 1. The van der Waals surface area contributed by atoms with Crippen LogP contribution in [0.25, 0.3) is 0 Å². The number of unbranched alkanes of at least 4 members (excludes halogenated alkanes) is 2. The highest BCUT2D eigenvalue weighted by Gasteiger charge is 2.60. The standard InChI is InChI=1S/C24H32O5/c1-4-6-15-28-22(26)24(23(27)29-16-7-5-2)18(3)13-14-20(24)17-21(25)19-11-9-8-10-12-19/h8-12,20H,3-7,13-17H2,1-2H3. The van der Waals surface area contributed by atoms with Crippen LogP contribution in [0, 0.1) is 11.3 Å². The first-order valence-corrected chi connectivity index (χ1v) is 10.6. The van der Waals surface area contributed by atoms with E-state index in [0.717, 1.165) is 12.8 Å². The van der Waals surface area contributed by atoms with Crippen LogP contribution in [-0.2, 0) is 19.1 Å². The van der Waals surface area contributed by atoms with Gasteiger partial charge in [-0.15, -0.1) is 0 Å². The monoisotopic (exact) mass is 400 g/mol. The Morgan fingerprint density at radius 3 is 2.07 bits per heavy atom. The molecular weight excluding hydrogens is 368 g/mol. The highest BCUT2D eigenvalue weighted by molar-refractivity contribution is 6.06. The topological polar surface area (TPSA) is 69.7 Å². The van der Waals surface area contributed by atoms with E-state index >= 15 is 0 Å². The molecule has 1 aliphatic carbocycles. The molecule has 0 spiro atoms. The lowest BCUT2D eigenvalue weighted by molar-refractivity contribution is -0.172. The van der Waals surface area contributed by atoms with Gasteiger partial charge in [0.1, 0.15) is 0 Å². The molecule has 0 radical (unpaired) electrons. The first-order valence-electron chi connectivity index (χ1n) is 10.6. The molecule has 0 saturated heterocycles. The lowest BCUT2D eigenvalue weighted by Crippen LogP contribution is -2.46. The van der Waals surface area contributed by atoms with Gasteiger partial charge in [0.2, 0.25) is 0 Å². The summed E-state index contributed by atoms with van der Waals surface area (Å²) < 4.78 is 10.9. The van der Waals surface area contributed by atoms with Crippen LogP contribution < -0.4 is 0 Å². The molecular formula is C24H32O5. The third-order valence-corrected chi connectivity index (χ3v) is 5.60. The lowest BCUT2D eigenvalue weighted by Gasteiger charge is -2.32. The number of carbonyl (C=O) groups is 3. The summed E-state index contributed by atoms with van der Waals surface area (Å²) in [6.07, 6.45) is 4.28. The number of benzene rings is 1. The Balaban J connectivity index is 2.30. The summed E-state index contributed by atoms with van der Waals surface area (Å²) in [6, 6.07) is 8.92. The van der Waals surface area contributed by atoms with Gasteiger partial charge in [0.25, 0.3) is 0 Å². The number of ketones is 1. The summed E-state index contributed by atoms with van der Waals surface area (Å²) >= 11 is 0. The van der Waals surface area contributed by atoms with Crippen LogP contribution in [0.4, 0.5) is 0 Å². The molecule has 1 aromatic carbocycles. The maximum atomic E-state index is 13.2. The average molecular weight is 401 g/mol. The number of esters is 2. The Labute approximate surface area is 173 Å².